The van der Waals surface area contributed by atoms with E-state index in [1.165, 1.54) is 0 Å². The Morgan fingerprint density at radius 3 is 2.53 bits per heavy atom. The van der Waals surface area contributed by atoms with Crippen LogP contribution in [-0.2, 0) is 13.1 Å². The van der Waals surface area contributed by atoms with Crippen LogP contribution in [0.25, 0.3) is 5.69 Å². The summed E-state index contributed by atoms with van der Waals surface area (Å²) in [5.74, 6) is 2.33. The van der Waals surface area contributed by atoms with E-state index in [4.69, 9.17) is 9.47 Å². The Kier molecular flexibility index (Phi) is 8.97. The van der Waals surface area contributed by atoms with Gasteiger partial charge in [0.1, 0.15) is 11.5 Å². The van der Waals surface area contributed by atoms with Crippen LogP contribution >= 0.6 is 24.0 Å². The van der Waals surface area contributed by atoms with Crippen molar-refractivity contribution in [3.05, 3.63) is 72.1 Å². The Balaban J connectivity index is 0.00000320. The first kappa shape index (κ1) is 23.5. The molecule has 0 saturated carbocycles. The molecule has 0 saturated heterocycles. The molecular weight excluding hydrogens is 493 g/mol. The zero-order chi connectivity index (χ0) is 20.6. The molecule has 1 heterocycles. The van der Waals surface area contributed by atoms with Crippen molar-refractivity contribution in [2.24, 2.45) is 4.99 Å². The second-order valence-electron chi connectivity index (χ2n) is 6.52. The Labute approximate surface area is 194 Å². The summed E-state index contributed by atoms with van der Waals surface area (Å²) < 4.78 is 12.6. The van der Waals surface area contributed by atoms with Crippen LogP contribution in [0.3, 0.4) is 0 Å². The normalized spacial score (nSPS) is 10.9. The van der Waals surface area contributed by atoms with Gasteiger partial charge in [-0.15, -0.1) is 24.0 Å². The van der Waals surface area contributed by atoms with Gasteiger partial charge < -0.3 is 19.7 Å². The summed E-state index contributed by atoms with van der Waals surface area (Å²) in [6.45, 7) is 1.22. The summed E-state index contributed by atoms with van der Waals surface area (Å²) in [5.41, 5.74) is 3.02. The van der Waals surface area contributed by atoms with Crippen LogP contribution in [0, 0.1) is 0 Å². The molecule has 1 aromatic heterocycles. The quantitative estimate of drug-likeness (QED) is 0.292. The van der Waals surface area contributed by atoms with Gasteiger partial charge >= 0.3 is 0 Å². The smallest absolute Gasteiger partial charge is 0.194 e. The molecule has 7 nitrogen and oxygen atoms in total. The zero-order valence-corrected chi connectivity index (χ0v) is 20.0. The number of nitrogens with one attached hydrogen (secondary N) is 1. The number of methoxy groups -OCH3 is 2. The highest BCUT2D eigenvalue weighted by molar-refractivity contribution is 14.0. The third-order valence-electron chi connectivity index (χ3n) is 4.57. The van der Waals surface area contributed by atoms with E-state index < -0.39 is 0 Å². The first-order chi connectivity index (χ1) is 14.1. The van der Waals surface area contributed by atoms with Crippen LogP contribution in [0.5, 0.6) is 11.5 Å². The highest BCUT2D eigenvalue weighted by atomic mass is 127. The molecule has 8 heteroatoms. The largest absolute Gasteiger partial charge is 0.497 e. The van der Waals surface area contributed by atoms with E-state index in [1.807, 2.05) is 77.4 Å². The molecule has 0 spiro atoms. The molecule has 0 aliphatic carbocycles. The fourth-order valence-electron chi connectivity index (χ4n) is 3.05. The summed E-state index contributed by atoms with van der Waals surface area (Å²) in [7, 11) is 7.06. The fourth-order valence-corrected chi connectivity index (χ4v) is 3.05. The van der Waals surface area contributed by atoms with E-state index in [0.717, 1.165) is 34.4 Å². The first-order valence-corrected chi connectivity index (χ1v) is 9.37. The second kappa shape index (κ2) is 11.4. The van der Waals surface area contributed by atoms with E-state index in [0.29, 0.717) is 13.1 Å². The van der Waals surface area contributed by atoms with Gasteiger partial charge in [0.25, 0.3) is 0 Å². The molecule has 2 aromatic carbocycles. The van der Waals surface area contributed by atoms with Gasteiger partial charge in [-0.05, 0) is 30.3 Å². The minimum atomic E-state index is 0. The minimum absolute atomic E-state index is 0. The van der Waals surface area contributed by atoms with Crippen LogP contribution in [0.4, 0.5) is 0 Å². The van der Waals surface area contributed by atoms with Crippen molar-refractivity contribution in [2.75, 3.05) is 28.3 Å². The average molecular weight is 521 g/mol. The van der Waals surface area contributed by atoms with Crippen molar-refractivity contribution in [3.63, 3.8) is 0 Å². The van der Waals surface area contributed by atoms with Gasteiger partial charge in [-0.25, -0.2) is 4.68 Å². The Bertz CT molecular complexity index is 959. The molecule has 0 unspecified atom stereocenters. The maximum Gasteiger partial charge on any atom is 0.194 e. The average Bonchev–Trinajstić information content (AvgIpc) is 3.24. The van der Waals surface area contributed by atoms with Crippen molar-refractivity contribution in [3.8, 4) is 17.2 Å². The Morgan fingerprint density at radius 2 is 1.87 bits per heavy atom. The molecule has 0 aliphatic heterocycles. The van der Waals surface area contributed by atoms with Crippen LogP contribution in [0.1, 0.15) is 11.3 Å². The Hall–Kier alpha value is -2.75. The molecule has 3 aromatic rings. The first-order valence-electron chi connectivity index (χ1n) is 9.37. The van der Waals surface area contributed by atoms with E-state index in [2.05, 4.69) is 15.4 Å². The van der Waals surface area contributed by atoms with Gasteiger partial charge in [0.05, 0.1) is 32.1 Å². The SMILES string of the molecule is CN=C(NCc1ccn(-c2ccccc2)n1)N(C)Cc1ccc(OC)cc1OC.I. The van der Waals surface area contributed by atoms with Gasteiger partial charge in [0, 0.05) is 38.5 Å². The zero-order valence-electron chi connectivity index (χ0n) is 17.7. The van der Waals surface area contributed by atoms with Crippen molar-refractivity contribution in [1.82, 2.24) is 20.0 Å². The van der Waals surface area contributed by atoms with Crippen LogP contribution < -0.4 is 14.8 Å². The number of ether oxygens (including phenoxy) is 2. The number of hydrogen-bond donors (Lipinski definition) is 1. The number of para-hydroxylation sites is 1. The third kappa shape index (κ3) is 5.88. The monoisotopic (exact) mass is 521 g/mol. The van der Waals surface area contributed by atoms with Gasteiger partial charge in [0.2, 0.25) is 0 Å². The molecule has 160 valence electrons. The fraction of sp³-hybridized carbons (Fsp3) is 0.273. The van der Waals surface area contributed by atoms with E-state index in [9.17, 15) is 0 Å². The topological polar surface area (TPSA) is 63.9 Å². The molecule has 0 fully saturated rings. The van der Waals surface area contributed by atoms with Gasteiger partial charge in [0.15, 0.2) is 5.96 Å². The van der Waals surface area contributed by atoms with E-state index in [-0.39, 0.29) is 24.0 Å². The number of benzene rings is 2. The summed E-state index contributed by atoms with van der Waals surface area (Å²) in [6.07, 6.45) is 1.96. The van der Waals surface area contributed by atoms with Crippen molar-refractivity contribution in [2.45, 2.75) is 13.1 Å². The number of guanidine groups is 1. The van der Waals surface area contributed by atoms with Crippen molar-refractivity contribution >= 4 is 29.9 Å². The maximum absolute atomic E-state index is 5.50. The predicted molar refractivity (Wildman–Crippen MR) is 130 cm³/mol. The van der Waals surface area contributed by atoms with Gasteiger partial charge in [-0.3, -0.25) is 4.99 Å². The summed E-state index contributed by atoms with van der Waals surface area (Å²) in [4.78, 5) is 6.42. The number of aromatic nitrogens is 2. The lowest BCUT2D eigenvalue weighted by Crippen LogP contribution is -2.38. The predicted octanol–water partition coefficient (Wildman–Crippen LogP) is 3.71. The van der Waals surface area contributed by atoms with Crippen LogP contribution in [0.15, 0.2) is 65.8 Å². The molecule has 3 rings (SSSR count). The van der Waals surface area contributed by atoms with Gasteiger partial charge in [-0.2, -0.15) is 5.10 Å². The lowest BCUT2D eigenvalue weighted by molar-refractivity contribution is 0.382. The summed E-state index contributed by atoms with van der Waals surface area (Å²) >= 11 is 0. The molecule has 30 heavy (non-hydrogen) atoms. The van der Waals surface area contributed by atoms with Gasteiger partial charge in [-0.1, -0.05) is 18.2 Å². The van der Waals surface area contributed by atoms with Crippen molar-refractivity contribution in [1.29, 1.82) is 0 Å². The molecule has 1 N–H and O–H groups in total. The highest BCUT2D eigenvalue weighted by Crippen LogP contribution is 2.25. The third-order valence-corrected chi connectivity index (χ3v) is 4.57. The number of halogens is 1. The maximum atomic E-state index is 5.50. The van der Waals surface area contributed by atoms with E-state index >= 15 is 0 Å². The minimum Gasteiger partial charge on any atom is -0.497 e. The van der Waals surface area contributed by atoms with Crippen LogP contribution in [0.2, 0.25) is 0 Å². The molecule has 0 bridgehead atoms. The lowest BCUT2D eigenvalue weighted by atomic mass is 10.2. The molecule has 0 aliphatic rings. The number of rotatable bonds is 7. The summed E-state index contributed by atoms with van der Waals surface area (Å²) in [5, 5.41) is 7.99. The number of nitrogens with zero attached hydrogens (tertiary/aromatic N) is 4. The molecule has 0 amide bonds. The van der Waals surface area contributed by atoms with Crippen molar-refractivity contribution < 1.29 is 9.47 Å². The highest BCUT2D eigenvalue weighted by Gasteiger charge is 2.12. The number of hydrogen-bond acceptors (Lipinski definition) is 4. The van der Waals surface area contributed by atoms with Crippen LogP contribution in [-0.4, -0.2) is 49.0 Å². The Morgan fingerprint density at radius 1 is 1.10 bits per heavy atom. The number of aliphatic imine (C=N–C) groups is 1. The standard InChI is InChI=1S/C22H27N5O2.HI/c1-23-22(26(2)16-17-10-11-20(28-3)14-21(17)29-4)24-15-18-12-13-27(25-18)19-8-6-5-7-9-19;/h5-14H,15-16H2,1-4H3,(H,23,24);1H. The lowest BCUT2D eigenvalue weighted by Gasteiger charge is -2.23. The summed E-state index contributed by atoms with van der Waals surface area (Å²) in [6, 6.07) is 17.9. The molecule has 0 atom stereocenters. The molecular formula is C22H28IN5O2. The second-order valence-corrected chi connectivity index (χ2v) is 6.52. The van der Waals surface area contributed by atoms with E-state index in [1.54, 1.807) is 21.3 Å². The molecule has 0 radical (unpaired) electrons.